The highest BCUT2D eigenvalue weighted by Gasteiger charge is 2.01. The van der Waals surface area contributed by atoms with Crippen LogP contribution in [0.4, 0.5) is 0 Å². The molecule has 55 valence electrons. The summed E-state index contributed by atoms with van der Waals surface area (Å²) >= 11 is 3.49. The summed E-state index contributed by atoms with van der Waals surface area (Å²) in [5, 5.41) is 1.15. The fourth-order valence-corrected chi connectivity index (χ4v) is 1.46. The fraction of sp³-hybridized carbons (Fsp3) is 0.875. The van der Waals surface area contributed by atoms with Crippen molar-refractivity contribution in [2.75, 3.05) is 5.33 Å². The van der Waals surface area contributed by atoms with Crippen molar-refractivity contribution in [3.8, 4) is 0 Å². The van der Waals surface area contributed by atoms with Crippen molar-refractivity contribution in [2.24, 2.45) is 5.92 Å². The third-order valence-electron chi connectivity index (χ3n) is 1.58. The molecule has 0 rings (SSSR count). The van der Waals surface area contributed by atoms with Gasteiger partial charge in [0.05, 0.1) is 0 Å². The van der Waals surface area contributed by atoms with Crippen LogP contribution >= 0.6 is 15.9 Å². The molecule has 0 aliphatic carbocycles. The van der Waals surface area contributed by atoms with E-state index in [-0.39, 0.29) is 0 Å². The van der Waals surface area contributed by atoms with Crippen LogP contribution in [-0.2, 0) is 0 Å². The van der Waals surface area contributed by atoms with Gasteiger partial charge in [-0.25, -0.2) is 0 Å². The van der Waals surface area contributed by atoms with E-state index < -0.39 is 0 Å². The second-order valence-corrected chi connectivity index (χ2v) is 3.01. The van der Waals surface area contributed by atoms with Gasteiger partial charge in [-0.1, -0.05) is 42.6 Å². The summed E-state index contributed by atoms with van der Waals surface area (Å²) in [5.74, 6) is 0.866. The van der Waals surface area contributed by atoms with Crippen molar-refractivity contribution in [1.82, 2.24) is 0 Å². The lowest BCUT2D eigenvalue weighted by Crippen LogP contribution is -1.99. The molecule has 0 saturated heterocycles. The van der Waals surface area contributed by atoms with E-state index in [2.05, 4.69) is 36.2 Å². The zero-order chi connectivity index (χ0) is 7.11. The SMILES string of the molecule is CC[CH]CC(CC)CBr. The average Bonchev–Trinajstić information content (AvgIpc) is 1.91. The molecule has 1 heteroatoms. The molecular weight excluding hydrogens is 176 g/mol. The van der Waals surface area contributed by atoms with Gasteiger partial charge in [-0.3, -0.25) is 0 Å². The zero-order valence-corrected chi connectivity index (χ0v) is 7.95. The molecule has 1 atom stereocenters. The van der Waals surface area contributed by atoms with E-state index in [0.717, 1.165) is 11.2 Å². The Labute approximate surface area is 67.2 Å². The Morgan fingerprint density at radius 1 is 1.44 bits per heavy atom. The van der Waals surface area contributed by atoms with E-state index >= 15 is 0 Å². The largest absolute Gasteiger partial charge is 0.0925 e. The zero-order valence-electron chi connectivity index (χ0n) is 6.36. The maximum atomic E-state index is 3.49. The summed E-state index contributed by atoms with van der Waals surface area (Å²) in [5.41, 5.74) is 0. The van der Waals surface area contributed by atoms with Gasteiger partial charge in [0, 0.05) is 5.33 Å². The molecule has 0 spiro atoms. The minimum atomic E-state index is 0.866. The minimum absolute atomic E-state index is 0.866. The van der Waals surface area contributed by atoms with Crippen LogP contribution < -0.4 is 0 Å². The van der Waals surface area contributed by atoms with Crippen LogP contribution in [0.1, 0.15) is 33.1 Å². The van der Waals surface area contributed by atoms with E-state index in [4.69, 9.17) is 0 Å². The molecule has 0 heterocycles. The number of unbranched alkanes of at least 4 members (excludes halogenated alkanes) is 1. The maximum Gasteiger partial charge on any atom is 0.00596 e. The maximum absolute atomic E-state index is 3.49. The molecule has 0 aromatic carbocycles. The molecule has 0 aromatic heterocycles. The Morgan fingerprint density at radius 3 is 2.44 bits per heavy atom. The van der Waals surface area contributed by atoms with Crippen LogP contribution in [0.2, 0.25) is 0 Å². The van der Waals surface area contributed by atoms with Gasteiger partial charge in [-0.15, -0.1) is 0 Å². The molecule has 0 N–H and O–H groups in total. The summed E-state index contributed by atoms with van der Waals surface area (Å²) in [4.78, 5) is 0. The average molecular weight is 192 g/mol. The molecule has 0 aromatic rings. The normalized spacial score (nSPS) is 13.7. The van der Waals surface area contributed by atoms with Gasteiger partial charge in [0.15, 0.2) is 0 Å². The van der Waals surface area contributed by atoms with E-state index in [1.54, 1.807) is 0 Å². The van der Waals surface area contributed by atoms with E-state index in [9.17, 15) is 0 Å². The Kier molecular flexibility index (Phi) is 6.95. The van der Waals surface area contributed by atoms with Gasteiger partial charge in [0.2, 0.25) is 0 Å². The third kappa shape index (κ3) is 4.95. The Bertz CT molecular complexity index is 48.5. The highest BCUT2D eigenvalue weighted by atomic mass is 79.9. The third-order valence-corrected chi connectivity index (χ3v) is 2.50. The second-order valence-electron chi connectivity index (χ2n) is 2.36. The first-order valence-electron chi connectivity index (χ1n) is 3.72. The van der Waals surface area contributed by atoms with Crippen molar-refractivity contribution >= 4 is 15.9 Å². The molecule has 1 unspecified atom stereocenters. The Hall–Kier alpha value is 0.480. The minimum Gasteiger partial charge on any atom is -0.0925 e. The predicted molar refractivity (Wildman–Crippen MR) is 46.8 cm³/mol. The highest BCUT2D eigenvalue weighted by Crippen LogP contribution is 2.13. The van der Waals surface area contributed by atoms with E-state index in [1.165, 1.54) is 19.3 Å². The molecule has 0 nitrogen and oxygen atoms in total. The number of hydrogen-bond donors (Lipinski definition) is 0. The molecule has 0 saturated carbocycles. The first kappa shape index (κ1) is 9.48. The van der Waals surface area contributed by atoms with Crippen LogP contribution in [0.3, 0.4) is 0 Å². The number of rotatable bonds is 5. The van der Waals surface area contributed by atoms with Gasteiger partial charge in [0.1, 0.15) is 0 Å². The highest BCUT2D eigenvalue weighted by molar-refractivity contribution is 9.09. The van der Waals surface area contributed by atoms with Crippen molar-refractivity contribution in [3.63, 3.8) is 0 Å². The lowest BCUT2D eigenvalue weighted by atomic mass is 10.0. The van der Waals surface area contributed by atoms with Gasteiger partial charge >= 0.3 is 0 Å². The quantitative estimate of drug-likeness (QED) is 0.585. The topological polar surface area (TPSA) is 0 Å². The summed E-state index contributed by atoms with van der Waals surface area (Å²) in [6.07, 6.45) is 6.14. The van der Waals surface area contributed by atoms with Crippen molar-refractivity contribution in [3.05, 3.63) is 6.42 Å². The van der Waals surface area contributed by atoms with Gasteiger partial charge in [-0.2, -0.15) is 0 Å². The Balaban J connectivity index is 3.09. The van der Waals surface area contributed by atoms with Crippen LogP contribution in [0.15, 0.2) is 0 Å². The number of halogens is 1. The second kappa shape index (κ2) is 6.60. The van der Waals surface area contributed by atoms with Crippen molar-refractivity contribution in [2.45, 2.75) is 33.1 Å². The van der Waals surface area contributed by atoms with Crippen molar-refractivity contribution < 1.29 is 0 Å². The summed E-state index contributed by atoms with van der Waals surface area (Å²) in [6, 6.07) is 0. The molecule has 0 fully saturated rings. The van der Waals surface area contributed by atoms with Crippen LogP contribution in [0.25, 0.3) is 0 Å². The van der Waals surface area contributed by atoms with E-state index in [0.29, 0.717) is 0 Å². The molecule has 0 bridgehead atoms. The molecule has 0 aliphatic rings. The van der Waals surface area contributed by atoms with Crippen LogP contribution in [-0.4, -0.2) is 5.33 Å². The van der Waals surface area contributed by atoms with Crippen LogP contribution in [0.5, 0.6) is 0 Å². The summed E-state index contributed by atoms with van der Waals surface area (Å²) < 4.78 is 0. The first-order chi connectivity index (χ1) is 4.35. The van der Waals surface area contributed by atoms with Gasteiger partial charge in [0.25, 0.3) is 0 Å². The van der Waals surface area contributed by atoms with E-state index in [1.807, 2.05) is 0 Å². The first-order valence-corrected chi connectivity index (χ1v) is 4.84. The molecule has 0 amide bonds. The van der Waals surface area contributed by atoms with Crippen LogP contribution in [0, 0.1) is 12.3 Å². The smallest absolute Gasteiger partial charge is 0.00596 e. The molecule has 0 aliphatic heterocycles. The molecular formula is C8H16Br. The fourth-order valence-electron chi connectivity index (χ4n) is 0.741. The van der Waals surface area contributed by atoms with Gasteiger partial charge in [-0.05, 0) is 18.8 Å². The predicted octanol–water partition coefficient (Wildman–Crippen LogP) is 3.41. The molecule has 9 heavy (non-hydrogen) atoms. The molecule has 1 radical (unpaired) electrons. The lowest BCUT2D eigenvalue weighted by Gasteiger charge is -2.08. The Morgan fingerprint density at radius 2 is 2.11 bits per heavy atom. The standard InChI is InChI=1S/C8H16Br/c1-3-5-6-8(4-2)7-9/h5,8H,3-4,6-7H2,1-2H3. The van der Waals surface area contributed by atoms with Gasteiger partial charge < -0.3 is 0 Å². The number of hydrogen-bond acceptors (Lipinski definition) is 0. The summed E-state index contributed by atoms with van der Waals surface area (Å²) in [6.45, 7) is 4.44. The number of alkyl halides is 1. The lowest BCUT2D eigenvalue weighted by molar-refractivity contribution is 0.559. The monoisotopic (exact) mass is 191 g/mol. The summed E-state index contributed by atoms with van der Waals surface area (Å²) in [7, 11) is 0. The van der Waals surface area contributed by atoms with Crippen molar-refractivity contribution in [1.29, 1.82) is 0 Å².